The topological polar surface area (TPSA) is 80.5 Å². The summed E-state index contributed by atoms with van der Waals surface area (Å²) in [6, 6.07) is 3.82. The molecule has 0 saturated carbocycles. The van der Waals surface area contributed by atoms with Gasteiger partial charge in [-0.05, 0) is 29.8 Å². The van der Waals surface area contributed by atoms with E-state index in [1.54, 1.807) is 5.38 Å². The Bertz CT molecular complexity index is 820. The molecule has 0 aliphatic carbocycles. The summed E-state index contributed by atoms with van der Waals surface area (Å²) in [5.41, 5.74) is 5.44. The molecule has 0 fully saturated rings. The highest BCUT2D eigenvalue weighted by Gasteiger charge is 2.44. The molecular formula is C14H8ClFN2O3S. The number of rotatable bonds is 2. The fourth-order valence-electron chi connectivity index (χ4n) is 2.41. The molecule has 0 radical (unpaired) electrons. The van der Waals surface area contributed by atoms with E-state index in [9.17, 15) is 18.8 Å². The first-order valence-corrected chi connectivity index (χ1v) is 7.37. The normalized spacial score (nSPS) is 16.7. The van der Waals surface area contributed by atoms with Crippen molar-refractivity contribution >= 4 is 46.3 Å². The molecule has 8 heteroatoms. The Morgan fingerprint density at radius 1 is 1.32 bits per heavy atom. The van der Waals surface area contributed by atoms with Gasteiger partial charge < -0.3 is 5.73 Å². The van der Waals surface area contributed by atoms with Crippen molar-refractivity contribution < 1.29 is 18.8 Å². The van der Waals surface area contributed by atoms with Crippen LogP contribution in [0.25, 0.3) is 0 Å². The molecule has 22 heavy (non-hydrogen) atoms. The standard InChI is InChI=1S/C14H8ClFN2O3S/c15-6-3-10(22-5-6)12(19)11-8-4-7(16)1-2-9(8)18(13(11)20)14(17)21/h1-5,11H,(H2,17,21). The van der Waals surface area contributed by atoms with Gasteiger partial charge in [0.25, 0.3) is 5.91 Å². The van der Waals surface area contributed by atoms with E-state index in [1.165, 1.54) is 12.1 Å². The van der Waals surface area contributed by atoms with Crippen molar-refractivity contribution in [1.82, 2.24) is 0 Å². The van der Waals surface area contributed by atoms with Gasteiger partial charge in [0.2, 0.25) is 0 Å². The number of thiophene rings is 1. The lowest BCUT2D eigenvalue weighted by Gasteiger charge is -2.12. The minimum absolute atomic E-state index is 0.123. The quantitative estimate of drug-likeness (QED) is 0.675. The molecule has 2 N–H and O–H groups in total. The van der Waals surface area contributed by atoms with Crippen LogP contribution in [0, 0.1) is 5.82 Å². The minimum atomic E-state index is -1.30. The monoisotopic (exact) mass is 338 g/mol. The second-order valence-corrected chi connectivity index (χ2v) is 5.99. The number of urea groups is 1. The molecule has 1 aliphatic heterocycles. The third-order valence-corrected chi connectivity index (χ3v) is 4.59. The maximum absolute atomic E-state index is 13.5. The fraction of sp³-hybridized carbons (Fsp3) is 0.0714. The number of imide groups is 1. The zero-order valence-corrected chi connectivity index (χ0v) is 12.5. The van der Waals surface area contributed by atoms with E-state index in [-0.39, 0.29) is 16.1 Å². The highest BCUT2D eigenvalue weighted by molar-refractivity contribution is 7.12. The van der Waals surface area contributed by atoms with Crippen molar-refractivity contribution in [1.29, 1.82) is 0 Å². The van der Waals surface area contributed by atoms with E-state index < -0.39 is 29.5 Å². The minimum Gasteiger partial charge on any atom is -0.351 e. The number of carbonyl (C=O) groups is 3. The molecule has 3 amide bonds. The molecule has 1 aliphatic rings. The van der Waals surface area contributed by atoms with Crippen LogP contribution in [0.1, 0.15) is 21.2 Å². The number of ketones is 1. The molecule has 1 aromatic carbocycles. The van der Waals surface area contributed by atoms with Crippen molar-refractivity contribution in [2.75, 3.05) is 4.90 Å². The summed E-state index contributed by atoms with van der Waals surface area (Å²) < 4.78 is 13.5. The van der Waals surface area contributed by atoms with Crippen LogP contribution in [-0.4, -0.2) is 17.7 Å². The number of anilines is 1. The summed E-state index contributed by atoms with van der Waals surface area (Å²) in [5.74, 6) is -3.24. The molecule has 1 atom stereocenters. The lowest BCUT2D eigenvalue weighted by Crippen LogP contribution is -2.40. The average Bonchev–Trinajstić information content (AvgIpc) is 2.98. The van der Waals surface area contributed by atoms with Gasteiger partial charge in [-0.15, -0.1) is 11.3 Å². The lowest BCUT2D eigenvalue weighted by atomic mass is 9.95. The Kier molecular flexibility index (Phi) is 3.46. The number of benzene rings is 1. The SMILES string of the molecule is NC(=O)N1C(=O)C(C(=O)c2cc(Cl)cs2)c2cc(F)ccc21. The van der Waals surface area contributed by atoms with Crippen LogP contribution in [0.2, 0.25) is 5.02 Å². The van der Waals surface area contributed by atoms with Crippen molar-refractivity contribution in [3.63, 3.8) is 0 Å². The summed E-state index contributed by atoms with van der Waals surface area (Å²) in [6.45, 7) is 0. The van der Waals surface area contributed by atoms with E-state index in [0.717, 1.165) is 23.5 Å². The van der Waals surface area contributed by atoms with E-state index in [4.69, 9.17) is 17.3 Å². The molecular weight excluding hydrogens is 331 g/mol. The fourth-order valence-corrected chi connectivity index (χ4v) is 3.45. The van der Waals surface area contributed by atoms with E-state index in [0.29, 0.717) is 9.92 Å². The third kappa shape index (κ3) is 2.18. The Morgan fingerprint density at radius 3 is 2.64 bits per heavy atom. The van der Waals surface area contributed by atoms with Crippen LogP contribution < -0.4 is 10.6 Å². The summed E-state index contributed by atoms with van der Waals surface area (Å²) in [4.78, 5) is 37.3. The highest BCUT2D eigenvalue weighted by atomic mass is 35.5. The Labute approximate surface area is 133 Å². The summed E-state index contributed by atoms with van der Waals surface area (Å²) in [5, 5.41) is 1.91. The van der Waals surface area contributed by atoms with Crippen molar-refractivity contribution in [3.05, 3.63) is 50.9 Å². The van der Waals surface area contributed by atoms with Crippen molar-refractivity contribution in [2.24, 2.45) is 5.73 Å². The number of hydrogen-bond acceptors (Lipinski definition) is 4. The molecule has 0 spiro atoms. The molecule has 0 bridgehead atoms. The third-order valence-electron chi connectivity index (χ3n) is 3.30. The summed E-state index contributed by atoms with van der Waals surface area (Å²) in [7, 11) is 0. The van der Waals surface area contributed by atoms with Crippen molar-refractivity contribution in [2.45, 2.75) is 5.92 Å². The number of hydrogen-bond donors (Lipinski definition) is 1. The van der Waals surface area contributed by atoms with E-state index in [2.05, 4.69) is 0 Å². The number of Topliss-reactive ketones (excluding diaryl/α,β-unsaturated/α-hetero) is 1. The van der Waals surface area contributed by atoms with Gasteiger partial charge in [-0.1, -0.05) is 11.6 Å². The first-order valence-electron chi connectivity index (χ1n) is 6.11. The smallest absolute Gasteiger partial charge is 0.326 e. The van der Waals surface area contributed by atoms with Crippen LogP contribution in [0.5, 0.6) is 0 Å². The largest absolute Gasteiger partial charge is 0.351 e. The maximum Gasteiger partial charge on any atom is 0.326 e. The van der Waals surface area contributed by atoms with Gasteiger partial charge in [-0.3, -0.25) is 9.59 Å². The second-order valence-electron chi connectivity index (χ2n) is 4.64. The van der Waals surface area contributed by atoms with Crippen LogP contribution in [0.4, 0.5) is 14.9 Å². The van der Waals surface area contributed by atoms with Gasteiger partial charge in [0.05, 0.1) is 15.6 Å². The summed E-state index contributed by atoms with van der Waals surface area (Å²) >= 11 is 6.85. The van der Waals surface area contributed by atoms with Crippen LogP contribution >= 0.6 is 22.9 Å². The number of carbonyl (C=O) groups excluding carboxylic acids is 3. The first-order chi connectivity index (χ1) is 10.4. The van der Waals surface area contributed by atoms with Crippen LogP contribution in [-0.2, 0) is 4.79 Å². The number of nitrogens with zero attached hydrogens (tertiary/aromatic N) is 1. The molecule has 1 unspecified atom stereocenters. The zero-order valence-electron chi connectivity index (χ0n) is 10.9. The number of nitrogens with two attached hydrogens (primary N) is 1. The Balaban J connectivity index is 2.12. The van der Waals surface area contributed by atoms with E-state index in [1.807, 2.05) is 0 Å². The molecule has 112 valence electrons. The molecule has 2 aromatic rings. The highest BCUT2D eigenvalue weighted by Crippen LogP contribution is 2.40. The van der Waals surface area contributed by atoms with Gasteiger partial charge in [0, 0.05) is 5.38 Å². The molecule has 2 heterocycles. The van der Waals surface area contributed by atoms with E-state index >= 15 is 0 Å². The molecule has 5 nitrogen and oxygen atoms in total. The second kappa shape index (κ2) is 5.19. The molecule has 1 aromatic heterocycles. The van der Waals surface area contributed by atoms with Gasteiger partial charge in [-0.25, -0.2) is 14.1 Å². The van der Waals surface area contributed by atoms with Gasteiger partial charge in [-0.2, -0.15) is 0 Å². The number of fused-ring (bicyclic) bond motifs is 1. The molecule has 3 rings (SSSR count). The van der Waals surface area contributed by atoms with Gasteiger partial charge >= 0.3 is 6.03 Å². The predicted molar refractivity (Wildman–Crippen MR) is 79.9 cm³/mol. The zero-order chi connectivity index (χ0) is 16.0. The van der Waals surface area contributed by atoms with Gasteiger partial charge in [0.1, 0.15) is 11.7 Å². The van der Waals surface area contributed by atoms with Crippen LogP contribution in [0.3, 0.4) is 0 Å². The lowest BCUT2D eigenvalue weighted by molar-refractivity contribution is -0.117. The van der Waals surface area contributed by atoms with Crippen molar-refractivity contribution in [3.8, 4) is 0 Å². The van der Waals surface area contributed by atoms with Crippen LogP contribution in [0.15, 0.2) is 29.6 Å². The maximum atomic E-state index is 13.5. The predicted octanol–water partition coefficient (Wildman–Crippen LogP) is 2.93. The number of amides is 3. The number of primary amides is 1. The first kappa shape index (κ1) is 14.7. The molecule has 0 saturated heterocycles. The number of halogens is 2. The summed E-state index contributed by atoms with van der Waals surface area (Å²) in [6.07, 6.45) is 0. The Morgan fingerprint density at radius 2 is 2.05 bits per heavy atom. The average molecular weight is 339 g/mol. The van der Waals surface area contributed by atoms with Gasteiger partial charge in [0.15, 0.2) is 5.78 Å². The Hall–Kier alpha value is -2.25.